The van der Waals surface area contributed by atoms with Gasteiger partial charge < -0.3 is 14.2 Å². The molecule has 81 heavy (non-hydrogen) atoms. The summed E-state index contributed by atoms with van der Waals surface area (Å²) in [7, 11) is 0. The summed E-state index contributed by atoms with van der Waals surface area (Å²) in [5, 5.41) is 0. The first-order valence-corrected chi connectivity index (χ1v) is 34.4. The van der Waals surface area contributed by atoms with E-state index in [-0.39, 0.29) is 31.6 Å². The summed E-state index contributed by atoms with van der Waals surface area (Å²) in [6.45, 7) is 6.37. The minimum atomic E-state index is -0.817. The van der Waals surface area contributed by atoms with Gasteiger partial charge in [0.2, 0.25) is 0 Å². The summed E-state index contributed by atoms with van der Waals surface area (Å²) in [5.41, 5.74) is 0. The van der Waals surface area contributed by atoms with Crippen LogP contribution in [0.1, 0.15) is 329 Å². The normalized spacial score (nSPS) is 12.8. The number of carbonyl (C=O) groups excluding carboxylic acids is 3. The van der Waals surface area contributed by atoms with Crippen LogP contribution in [0.25, 0.3) is 0 Å². The zero-order valence-corrected chi connectivity index (χ0v) is 53.3. The second kappa shape index (κ2) is 68.6. The fraction of sp³-hybridized carbons (Fsp3) is 0.720. The molecule has 0 aromatic rings. The number of ether oxygens (including phenoxy) is 3. The van der Waals surface area contributed by atoms with Crippen molar-refractivity contribution in [2.75, 3.05) is 13.2 Å². The third-order valence-corrected chi connectivity index (χ3v) is 14.8. The summed E-state index contributed by atoms with van der Waals surface area (Å²) in [6, 6.07) is 0. The van der Waals surface area contributed by atoms with Crippen molar-refractivity contribution in [3.05, 3.63) is 109 Å². The average molecular weight is 1130 g/mol. The molecule has 0 rings (SSSR count). The van der Waals surface area contributed by atoms with E-state index < -0.39 is 12.1 Å². The first-order valence-electron chi connectivity index (χ1n) is 34.4. The topological polar surface area (TPSA) is 78.9 Å². The van der Waals surface area contributed by atoms with Crippen LogP contribution >= 0.6 is 0 Å². The summed E-state index contributed by atoms with van der Waals surface area (Å²) in [6.07, 6.45) is 94.3. The molecule has 0 aliphatic heterocycles. The maximum Gasteiger partial charge on any atom is 0.309 e. The highest BCUT2D eigenvalue weighted by atomic mass is 16.6. The van der Waals surface area contributed by atoms with Gasteiger partial charge in [-0.15, -0.1) is 0 Å². The van der Waals surface area contributed by atoms with Gasteiger partial charge in [0.15, 0.2) is 6.10 Å². The largest absolute Gasteiger partial charge is 0.462 e. The van der Waals surface area contributed by atoms with Crippen molar-refractivity contribution in [3.63, 3.8) is 0 Å². The maximum atomic E-state index is 12.9. The predicted molar refractivity (Wildman–Crippen MR) is 353 cm³/mol. The van der Waals surface area contributed by atoms with Crippen LogP contribution in [0.15, 0.2) is 109 Å². The van der Waals surface area contributed by atoms with E-state index in [0.29, 0.717) is 12.8 Å². The van der Waals surface area contributed by atoms with Gasteiger partial charge in [0.1, 0.15) is 13.2 Å². The van der Waals surface area contributed by atoms with Crippen molar-refractivity contribution in [2.45, 2.75) is 335 Å². The predicted octanol–water partition coefficient (Wildman–Crippen LogP) is 23.8. The number of allylic oxidation sites excluding steroid dienone is 17. The quantitative estimate of drug-likeness (QED) is 0.0261. The second-order valence-electron chi connectivity index (χ2n) is 22.7. The van der Waals surface area contributed by atoms with E-state index >= 15 is 0 Å². The molecule has 0 bridgehead atoms. The van der Waals surface area contributed by atoms with Gasteiger partial charge in [-0.1, -0.05) is 336 Å². The van der Waals surface area contributed by atoms with Gasteiger partial charge in [0, 0.05) is 12.8 Å². The third kappa shape index (κ3) is 66.8. The molecular formula is C75H128O6. The number of unbranched alkanes of at least 4 members (excludes halogenated alkanes) is 34. The molecule has 464 valence electrons. The fourth-order valence-electron chi connectivity index (χ4n) is 9.75. The van der Waals surface area contributed by atoms with Crippen LogP contribution in [0.3, 0.4) is 0 Å². The Labute approximate surface area is 501 Å². The van der Waals surface area contributed by atoms with Gasteiger partial charge in [0.05, 0.1) is 6.42 Å². The standard InChI is InChI=1S/C75H128O6/c1-4-7-10-13-16-19-22-25-28-30-31-32-33-34-35-36-37-38-39-40-41-42-43-45-47-50-53-56-59-62-65-68-74(77)80-71-72(70-79-73(76)67-64-61-58-55-52-49-46-27-24-21-18-15-12-9-6-3)81-75(78)69-66-63-60-57-54-51-48-44-29-26-23-20-17-14-11-8-5-2/h7,9-10,12,16,18-19,21,25,27-28,31-32,46,52,55,61,64,72H,4-6,8,11,13-15,17,20,22-24,26,29-30,33-45,47-51,53-54,56-60,62-63,65-71H2,1-3H3/b10-7-,12-9-,19-16-,21-18-,28-25-,32-31-,46-27-,55-52-,64-61-. The van der Waals surface area contributed by atoms with E-state index in [0.717, 1.165) is 96.3 Å². The molecule has 0 aromatic carbocycles. The molecule has 0 aliphatic carbocycles. The van der Waals surface area contributed by atoms with Gasteiger partial charge in [-0.25, -0.2) is 0 Å². The molecule has 6 nitrogen and oxygen atoms in total. The van der Waals surface area contributed by atoms with Crippen LogP contribution in [0.2, 0.25) is 0 Å². The number of carbonyl (C=O) groups is 3. The Kier molecular flexibility index (Phi) is 65.2. The summed E-state index contributed by atoms with van der Waals surface area (Å²) in [4.78, 5) is 38.3. The van der Waals surface area contributed by atoms with Gasteiger partial charge in [-0.3, -0.25) is 14.4 Å². The molecular weight excluding hydrogens is 997 g/mol. The molecule has 1 atom stereocenters. The zero-order valence-electron chi connectivity index (χ0n) is 53.3. The first kappa shape index (κ1) is 77.1. The average Bonchev–Trinajstić information content (AvgIpc) is 3.47. The molecule has 0 fully saturated rings. The molecule has 0 N–H and O–H groups in total. The minimum absolute atomic E-state index is 0.104. The van der Waals surface area contributed by atoms with Crippen LogP contribution in [-0.4, -0.2) is 37.2 Å². The summed E-state index contributed by atoms with van der Waals surface area (Å²) >= 11 is 0. The monoisotopic (exact) mass is 1120 g/mol. The van der Waals surface area contributed by atoms with Gasteiger partial charge in [-0.2, -0.15) is 0 Å². The molecule has 0 heterocycles. The van der Waals surface area contributed by atoms with Crippen molar-refractivity contribution >= 4 is 17.9 Å². The molecule has 0 amide bonds. The van der Waals surface area contributed by atoms with E-state index in [4.69, 9.17) is 14.2 Å². The maximum absolute atomic E-state index is 12.9. The highest BCUT2D eigenvalue weighted by Crippen LogP contribution is 2.18. The summed E-state index contributed by atoms with van der Waals surface area (Å²) in [5.74, 6) is -1.02. The second-order valence-corrected chi connectivity index (χ2v) is 22.7. The Balaban J connectivity index is 4.27. The van der Waals surface area contributed by atoms with Gasteiger partial charge in [-0.05, 0) is 83.5 Å². The van der Waals surface area contributed by atoms with Crippen LogP contribution in [0, 0.1) is 0 Å². The smallest absolute Gasteiger partial charge is 0.309 e. The Bertz CT molecular complexity index is 1620. The molecule has 6 heteroatoms. The molecule has 0 radical (unpaired) electrons. The lowest BCUT2D eigenvalue weighted by molar-refractivity contribution is -0.166. The van der Waals surface area contributed by atoms with Gasteiger partial charge in [0.25, 0.3) is 0 Å². The lowest BCUT2D eigenvalue weighted by atomic mass is 10.0. The van der Waals surface area contributed by atoms with E-state index in [2.05, 4.69) is 118 Å². The van der Waals surface area contributed by atoms with E-state index in [9.17, 15) is 14.4 Å². The lowest BCUT2D eigenvalue weighted by Crippen LogP contribution is -2.30. The lowest BCUT2D eigenvalue weighted by Gasteiger charge is -2.18. The molecule has 1 unspecified atom stereocenters. The van der Waals surface area contributed by atoms with E-state index in [1.807, 2.05) is 6.08 Å². The molecule has 0 aliphatic rings. The Hall–Kier alpha value is -3.93. The first-order chi connectivity index (χ1) is 40.0. The van der Waals surface area contributed by atoms with E-state index in [1.54, 1.807) is 6.08 Å². The molecule has 0 spiro atoms. The number of rotatable bonds is 62. The van der Waals surface area contributed by atoms with Crippen molar-refractivity contribution in [3.8, 4) is 0 Å². The molecule has 0 aromatic heterocycles. The van der Waals surface area contributed by atoms with Crippen molar-refractivity contribution in [1.82, 2.24) is 0 Å². The Morgan fingerprint density at radius 3 is 0.864 bits per heavy atom. The molecule has 0 saturated carbocycles. The minimum Gasteiger partial charge on any atom is -0.462 e. The Morgan fingerprint density at radius 2 is 0.531 bits per heavy atom. The van der Waals surface area contributed by atoms with Crippen LogP contribution < -0.4 is 0 Å². The Morgan fingerprint density at radius 1 is 0.272 bits per heavy atom. The highest BCUT2D eigenvalue weighted by molar-refractivity contribution is 5.72. The SMILES string of the molecule is CC/C=C\C/C=C\C/C=C\C/C=C\C/C=C\CC(=O)OCC(COC(=O)CCCCCCCCCCCCCCCCCCCC/C=C\C/C=C\C/C=C\C/C=C\CC)OC(=O)CCCCCCCCCCCCCCCCCCC. The highest BCUT2D eigenvalue weighted by Gasteiger charge is 2.19. The van der Waals surface area contributed by atoms with Crippen molar-refractivity contribution in [1.29, 1.82) is 0 Å². The fourth-order valence-corrected chi connectivity index (χ4v) is 9.75. The van der Waals surface area contributed by atoms with Crippen LogP contribution in [-0.2, 0) is 28.6 Å². The number of esters is 3. The van der Waals surface area contributed by atoms with Crippen LogP contribution in [0.4, 0.5) is 0 Å². The van der Waals surface area contributed by atoms with E-state index in [1.165, 1.54) is 193 Å². The number of hydrogen-bond acceptors (Lipinski definition) is 6. The summed E-state index contributed by atoms with van der Waals surface area (Å²) < 4.78 is 16.9. The van der Waals surface area contributed by atoms with Crippen molar-refractivity contribution in [2.24, 2.45) is 0 Å². The van der Waals surface area contributed by atoms with Gasteiger partial charge >= 0.3 is 17.9 Å². The number of hydrogen-bond donors (Lipinski definition) is 0. The molecule has 0 saturated heterocycles. The third-order valence-electron chi connectivity index (χ3n) is 14.8. The van der Waals surface area contributed by atoms with Crippen molar-refractivity contribution < 1.29 is 28.6 Å². The van der Waals surface area contributed by atoms with Crippen LogP contribution in [0.5, 0.6) is 0 Å². The zero-order chi connectivity index (χ0) is 58.5.